The maximum absolute atomic E-state index is 12.3. The van der Waals surface area contributed by atoms with Crippen LogP contribution in [-0.2, 0) is 9.59 Å². The Morgan fingerprint density at radius 3 is 2.42 bits per heavy atom. The molecule has 1 aliphatic carbocycles. The Hall–Kier alpha value is -1.10. The van der Waals surface area contributed by atoms with Crippen LogP contribution in [0.4, 0.5) is 0 Å². The molecule has 1 aliphatic heterocycles. The number of hydrogen-bond donors (Lipinski definition) is 2. The number of piperidine rings is 1. The number of likely N-dealkylation sites (tertiary alicyclic amines) is 1. The molecule has 0 radical (unpaired) electrons. The van der Waals surface area contributed by atoms with E-state index in [2.05, 4.69) is 5.32 Å². The summed E-state index contributed by atoms with van der Waals surface area (Å²) in [5.74, 6) is 0.511. The number of nitrogens with zero attached hydrogens (tertiary/aromatic N) is 1. The van der Waals surface area contributed by atoms with Crippen molar-refractivity contribution in [3.05, 3.63) is 0 Å². The van der Waals surface area contributed by atoms with E-state index in [9.17, 15) is 9.59 Å². The molecular formula is C14H25N3O2. The maximum atomic E-state index is 12.3. The lowest BCUT2D eigenvalue weighted by atomic mass is 10.0. The lowest BCUT2D eigenvalue weighted by Gasteiger charge is -2.34. The fraction of sp³-hybridized carbons (Fsp3) is 0.857. The van der Waals surface area contributed by atoms with Crippen molar-refractivity contribution in [2.24, 2.45) is 11.7 Å². The molecule has 2 fully saturated rings. The first kappa shape index (κ1) is 14.3. The molecule has 1 saturated heterocycles. The SMILES string of the molecule is CCC(=O)NC1CCN(C(=O)C2CCC(N)C2)CC1. The lowest BCUT2D eigenvalue weighted by molar-refractivity contribution is -0.136. The summed E-state index contributed by atoms with van der Waals surface area (Å²) in [5.41, 5.74) is 5.87. The van der Waals surface area contributed by atoms with E-state index >= 15 is 0 Å². The minimum Gasteiger partial charge on any atom is -0.353 e. The molecule has 0 spiro atoms. The third-order valence-electron chi connectivity index (χ3n) is 4.32. The highest BCUT2D eigenvalue weighted by Gasteiger charge is 2.32. The van der Waals surface area contributed by atoms with Gasteiger partial charge in [-0.15, -0.1) is 0 Å². The second-order valence-corrected chi connectivity index (χ2v) is 5.79. The molecule has 2 aliphatic rings. The van der Waals surface area contributed by atoms with Gasteiger partial charge in [0.2, 0.25) is 11.8 Å². The Balaban J connectivity index is 1.76. The van der Waals surface area contributed by atoms with Gasteiger partial charge in [-0.1, -0.05) is 6.92 Å². The van der Waals surface area contributed by atoms with E-state index in [-0.39, 0.29) is 29.8 Å². The van der Waals surface area contributed by atoms with Crippen molar-refractivity contribution in [2.75, 3.05) is 13.1 Å². The number of nitrogens with one attached hydrogen (secondary N) is 1. The first-order valence-corrected chi connectivity index (χ1v) is 7.44. The highest BCUT2D eigenvalue weighted by molar-refractivity contribution is 5.79. The lowest BCUT2D eigenvalue weighted by Crippen LogP contribution is -2.47. The summed E-state index contributed by atoms with van der Waals surface area (Å²) in [6.45, 7) is 3.38. The number of rotatable bonds is 3. The smallest absolute Gasteiger partial charge is 0.225 e. The number of nitrogens with two attached hydrogens (primary N) is 1. The summed E-state index contributed by atoms with van der Waals surface area (Å²) >= 11 is 0. The van der Waals surface area contributed by atoms with Gasteiger partial charge in [-0.2, -0.15) is 0 Å². The second-order valence-electron chi connectivity index (χ2n) is 5.79. The molecule has 1 heterocycles. The fourth-order valence-corrected chi connectivity index (χ4v) is 3.07. The Labute approximate surface area is 114 Å². The highest BCUT2D eigenvalue weighted by atomic mass is 16.2. The minimum absolute atomic E-state index is 0.103. The van der Waals surface area contributed by atoms with E-state index in [1.54, 1.807) is 0 Å². The predicted molar refractivity (Wildman–Crippen MR) is 73.4 cm³/mol. The molecule has 0 bridgehead atoms. The summed E-state index contributed by atoms with van der Waals surface area (Å²) in [6, 6.07) is 0.442. The topological polar surface area (TPSA) is 75.4 Å². The van der Waals surface area contributed by atoms with Gasteiger partial charge >= 0.3 is 0 Å². The van der Waals surface area contributed by atoms with Crippen LogP contribution >= 0.6 is 0 Å². The van der Waals surface area contributed by atoms with Gasteiger partial charge in [-0.3, -0.25) is 9.59 Å². The molecule has 108 valence electrons. The average Bonchev–Trinajstić information content (AvgIpc) is 2.85. The van der Waals surface area contributed by atoms with Crippen LogP contribution in [0, 0.1) is 5.92 Å². The fourth-order valence-electron chi connectivity index (χ4n) is 3.07. The Kier molecular flexibility index (Phi) is 4.80. The molecule has 0 aromatic carbocycles. The van der Waals surface area contributed by atoms with Crippen LogP contribution in [0.2, 0.25) is 0 Å². The van der Waals surface area contributed by atoms with Gasteiger partial charge in [0.15, 0.2) is 0 Å². The molecule has 2 amide bonds. The van der Waals surface area contributed by atoms with Crippen molar-refractivity contribution >= 4 is 11.8 Å². The highest BCUT2D eigenvalue weighted by Crippen LogP contribution is 2.27. The van der Waals surface area contributed by atoms with Gasteiger partial charge in [0.1, 0.15) is 0 Å². The molecule has 0 aromatic rings. The summed E-state index contributed by atoms with van der Waals surface area (Å²) in [4.78, 5) is 25.6. The minimum atomic E-state index is 0.103. The van der Waals surface area contributed by atoms with Gasteiger partial charge in [-0.25, -0.2) is 0 Å². The largest absolute Gasteiger partial charge is 0.353 e. The first-order chi connectivity index (χ1) is 9.10. The first-order valence-electron chi connectivity index (χ1n) is 7.44. The Bertz CT molecular complexity index is 338. The number of carbonyl (C=O) groups excluding carboxylic acids is 2. The molecule has 0 aromatic heterocycles. The summed E-state index contributed by atoms with van der Waals surface area (Å²) in [5, 5.41) is 3.01. The van der Waals surface area contributed by atoms with E-state index in [0.717, 1.165) is 45.2 Å². The van der Waals surface area contributed by atoms with Gasteiger partial charge in [0.25, 0.3) is 0 Å². The van der Waals surface area contributed by atoms with Crippen molar-refractivity contribution in [1.29, 1.82) is 0 Å². The summed E-state index contributed by atoms with van der Waals surface area (Å²) < 4.78 is 0. The molecule has 2 atom stereocenters. The average molecular weight is 267 g/mol. The zero-order chi connectivity index (χ0) is 13.8. The Morgan fingerprint density at radius 1 is 1.21 bits per heavy atom. The summed E-state index contributed by atoms with van der Waals surface area (Å²) in [7, 11) is 0. The van der Waals surface area contributed by atoms with Crippen LogP contribution in [0.25, 0.3) is 0 Å². The third kappa shape index (κ3) is 3.69. The van der Waals surface area contributed by atoms with Crippen LogP contribution in [0.1, 0.15) is 45.4 Å². The van der Waals surface area contributed by atoms with Crippen molar-refractivity contribution in [3.63, 3.8) is 0 Å². The maximum Gasteiger partial charge on any atom is 0.225 e. The molecule has 19 heavy (non-hydrogen) atoms. The standard InChI is InChI=1S/C14H25N3O2/c1-2-13(18)16-12-5-7-17(8-6-12)14(19)10-3-4-11(15)9-10/h10-12H,2-9,15H2,1H3,(H,16,18). The van der Waals surface area contributed by atoms with Crippen molar-refractivity contribution in [1.82, 2.24) is 10.2 Å². The van der Waals surface area contributed by atoms with E-state index in [4.69, 9.17) is 5.73 Å². The van der Waals surface area contributed by atoms with Crippen molar-refractivity contribution in [3.8, 4) is 0 Å². The monoisotopic (exact) mass is 267 g/mol. The molecular weight excluding hydrogens is 242 g/mol. The second kappa shape index (κ2) is 6.37. The third-order valence-corrected chi connectivity index (χ3v) is 4.32. The van der Waals surface area contributed by atoms with Crippen LogP contribution in [0.15, 0.2) is 0 Å². The number of hydrogen-bond acceptors (Lipinski definition) is 3. The zero-order valence-electron chi connectivity index (χ0n) is 11.7. The van der Waals surface area contributed by atoms with Crippen molar-refractivity contribution in [2.45, 2.75) is 57.5 Å². The molecule has 2 unspecified atom stereocenters. The van der Waals surface area contributed by atoms with Gasteiger partial charge in [0.05, 0.1) is 0 Å². The van der Waals surface area contributed by atoms with E-state index < -0.39 is 0 Å². The molecule has 3 N–H and O–H groups in total. The van der Waals surface area contributed by atoms with E-state index in [1.165, 1.54) is 0 Å². The van der Waals surface area contributed by atoms with Gasteiger partial charge in [0, 0.05) is 37.5 Å². The quantitative estimate of drug-likeness (QED) is 0.787. The molecule has 2 rings (SSSR count). The number of carbonyl (C=O) groups is 2. The van der Waals surface area contributed by atoms with Gasteiger partial charge < -0.3 is 16.0 Å². The van der Waals surface area contributed by atoms with E-state index in [0.29, 0.717) is 6.42 Å². The summed E-state index contributed by atoms with van der Waals surface area (Å²) in [6.07, 6.45) is 5.02. The normalized spacial score (nSPS) is 28.4. The van der Waals surface area contributed by atoms with E-state index in [1.807, 2.05) is 11.8 Å². The molecule has 1 saturated carbocycles. The zero-order valence-corrected chi connectivity index (χ0v) is 11.7. The Morgan fingerprint density at radius 2 is 1.89 bits per heavy atom. The molecule has 5 nitrogen and oxygen atoms in total. The predicted octanol–water partition coefficient (Wildman–Crippen LogP) is 0.631. The van der Waals surface area contributed by atoms with Crippen LogP contribution in [0.3, 0.4) is 0 Å². The van der Waals surface area contributed by atoms with Crippen LogP contribution in [-0.4, -0.2) is 41.9 Å². The van der Waals surface area contributed by atoms with Gasteiger partial charge in [-0.05, 0) is 32.1 Å². The van der Waals surface area contributed by atoms with Crippen LogP contribution in [0.5, 0.6) is 0 Å². The number of amides is 2. The van der Waals surface area contributed by atoms with Crippen LogP contribution < -0.4 is 11.1 Å². The van der Waals surface area contributed by atoms with Crippen molar-refractivity contribution < 1.29 is 9.59 Å². The molecule has 5 heteroatoms.